The average Bonchev–Trinajstić information content (AvgIpc) is 2.91. The highest BCUT2D eigenvalue weighted by Crippen LogP contribution is 2.39. The Bertz CT molecular complexity index is 1450. The van der Waals surface area contributed by atoms with Crippen molar-refractivity contribution in [2.24, 2.45) is 5.41 Å². The van der Waals surface area contributed by atoms with E-state index in [0.717, 1.165) is 16.7 Å². The number of benzene rings is 1. The Balaban J connectivity index is 1.93. The second-order valence-corrected chi connectivity index (χ2v) is 12.2. The first-order chi connectivity index (χ1) is 19.7. The molecule has 0 spiro atoms. The van der Waals surface area contributed by atoms with Crippen molar-refractivity contribution in [2.75, 3.05) is 0 Å². The third-order valence-electron chi connectivity index (χ3n) is 7.80. The number of carbonyl (C=O) groups is 1. The molecule has 0 amide bonds. The number of Topliss-reactive ketones (excluding diaryl/α,β-unsaturated/α-hetero) is 1. The Morgan fingerprint density at radius 1 is 0.714 bits per heavy atom. The minimum absolute atomic E-state index is 0.163. The minimum Gasteiger partial charge on any atom is -0.385 e. The van der Waals surface area contributed by atoms with Crippen LogP contribution in [0.4, 0.5) is 0 Å². The summed E-state index contributed by atoms with van der Waals surface area (Å²) in [6, 6.07) is 4.37. The predicted molar refractivity (Wildman–Crippen MR) is 183 cm³/mol. The van der Waals surface area contributed by atoms with Crippen molar-refractivity contribution in [1.29, 1.82) is 0 Å². The molecule has 0 saturated carbocycles. The first kappa shape index (κ1) is 34.5. The van der Waals surface area contributed by atoms with Crippen molar-refractivity contribution in [3.8, 4) is 0 Å². The van der Waals surface area contributed by atoms with Crippen LogP contribution in [0, 0.1) is 26.2 Å². The van der Waals surface area contributed by atoms with E-state index in [9.17, 15) is 9.90 Å². The second kappa shape index (κ2) is 16.0. The molecule has 1 aliphatic carbocycles. The van der Waals surface area contributed by atoms with Gasteiger partial charge in [-0.15, -0.1) is 0 Å². The maximum Gasteiger partial charge on any atom is 0.187 e. The van der Waals surface area contributed by atoms with Crippen molar-refractivity contribution in [1.82, 2.24) is 0 Å². The van der Waals surface area contributed by atoms with Crippen molar-refractivity contribution in [3.05, 3.63) is 147 Å². The lowest BCUT2D eigenvalue weighted by atomic mass is 9.71. The molecule has 2 nitrogen and oxygen atoms in total. The Labute approximate surface area is 255 Å². The van der Waals surface area contributed by atoms with Gasteiger partial charge in [0, 0.05) is 0 Å². The number of aliphatic hydroxyl groups is 1. The van der Waals surface area contributed by atoms with Gasteiger partial charge >= 0.3 is 0 Å². The van der Waals surface area contributed by atoms with Crippen molar-refractivity contribution in [3.63, 3.8) is 0 Å². The summed E-state index contributed by atoms with van der Waals surface area (Å²) in [6.45, 7) is 20.8. The summed E-state index contributed by atoms with van der Waals surface area (Å²) in [5.41, 5.74) is 11.3. The summed E-state index contributed by atoms with van der Waals surface area (Å²) in [5.74, 6) is -0.163. The van der Waals surface area contributed by atoms with Gasteiger partial charge in [-0.3, -0.25) is 4.79 Å². The van der Waals surface area contributed by atoms with E-state index >= 15 is 0 Å². The fourth-order valence-electron chi connectivity index (χ4n) is 4.93. The van der Waals surface area contributed by atoms with Gasteiger partial charge in [0.1, 0.15) is 6.10 Å². The van der Waals surface area contributed by atoms with E-state index in [1.165, 1.54) is 33.4 Å². The van der Waals surface area contributed by atoms with Gasteiger partial charge in [-0.05, 0) is 101 Å². The van der Waals surface area contributed by atoms with Gasteiger partial charge in [-0.1, -0.05) is 133 Å². The number of aliphatic hydroxyl groups excluding tert-OH is 1. The molecule has 42 heavy (non-hydrogen) atoms. The van der Waals surface area contributed by atoms with Gasteiger partial charge < -0.3 is 5.11 Å². The molecule has 0 radical (unpaired) electrons. The zero-order chi connectivity index (χ0) is 31.4. The zero-order valence-electron chi connectivity index (χ0n) is 27.4. The Morgan fingerprint density at radius 2 is 1.17 bits per heavy atom. The molecule has 1 aliphatic rings. The molecule has 0 bridgehead atoms. The quantitative estimate of drug-likeness (QED) is 0.288. The fraction of sp³-hybridized carbons (Fsp3) is 0.325. The first-order valence-electron chi connectivity index (χ1n) is 14.8. The molecule has 222 valence electrons. The molecule has 1 N–H and O–H groups in total. The molecule has 0 fully saturated rings. The highest BCUT2D eigenvalue weighted by Gasteiger charge is 2.36. The van der Waals surface area contributed by atoms with Crippen LogP contribution in [0.2, 0.25) is 0 Å². The molecule has 0 aliphatic heterocycles. The maximum absolute atomic E-state index is 12.2. The molecule has 2 heteroatoms. The van der Waals surface area contributed by atoms with Crippen LogP contribution in [0.3, 0.4) is 0 Å². The molecule has 1 unspecified atom stereocenters. The third-order valence-corrected chi connectivity index (χ3v) is 7.80. The molecule has 1 atom stereocenters. The standard InChI is InChI=1S/C40H50O2/c1-28(17-13-19-30(3)21-25-36-33(6)24-23-32(5)34(36)7)15-11-12-16-29(2)18-14-20-31(4)22-26-37-35(8)39(42)38(41)27-40(37,9)10/h11-26,38,41H,27H2,1-10H3/b12-11+,17-13+,18-14+,25-21+,26-22+,28-15+,29-16+,30-19+,31-20+. The SMILES string of the molecule is CC1=C(/C=C/C(C)=C/C=C/C(C)=C/C=C/C=C(C)/C=C/C=C(C)/C=C/c2c(C)ccc(C)c2C)C(C)(C)CC(O)C1=O. The molecule has 2 rings (SSSR count). The molecular weight excluding hydrogens is 512 g/mol. The summed E-state index contributed by atoms with van der Waals surface area (Å²) in [7, 11) is 0. The number of rotatable bonds is 10. The highest BCUT2D eigenvalue weighted by atomic mass is 16.3. The van der Waals surface area contributed by atoms with E-state index in [1.807, 2.05) is 32.1 Å². The largest absolute Gasteiger partial charge is 0.385 e. The van der Waals surface area contributed by atoms with Crippen molar-refractivity contribution < 1.29 is 9.90 Å². The van der Waals surface area contributed by atoms with Crippen LogP contribution in [-0.2, 0) is 4.79 Å². The molecule has 0 aromatic heterocycles. The predicted octanol–water partition coefficient (Wildman–Crippen LogP) is 10.3. The van der Waals surface area contributed by atoms with Gasteiger partial charge in [0.15, 0.2) is 5.78 Å². The van der Waals surface area contributed by atoms with E-state index in [4.69, 9.17) is 0 Å². The minimum atomic E-state index is -0.894. The van der Waals surface area contributed by atoms with E-state index in [-0.39, 0.29) is 11.2 Å². The first-order valence-corrected chi connectivity index (χ1v) is 14.8. The van der Waals surface area contributed by atoms with Crippen LogP contribution in [0.1, 0.15) is 77.1 Å². The lowest BCUT2D eigenvalue weighted by molar-refractivity contribution is -0.125. The average molecular weight is 563 g/mol. The van der Waals surface area contributed by atoms with Gasteiger partial charge in [0.05, 0.1) is 0 Å². The van der Waals surface area contributed by atoms with E-state index in [0.29, 0.717) is 12.0 Å². The van der Waals surface area contributed by atoms with Crippen molar-refractivity contribution in [2.45, 2.75) is 81.8 Å². The smallest absolute Gasteiger partial charge is 0.187 e. The number of hydrogen-bond donors (Lipinski definition) is 1. The van der Waals surface area contributed by atoms with Crippen LogP contribution in [0.25, 0.3) is 6.08 Å². The topological polar surface area (TPSA) is 37.3 Å². The molecular formula is C40H50O2. The van der Waals surface area contributed by atoms with E-state index in [2.05, 4.69) is 134 Å². The van der Waals surface area contributed by atoms with Gasteiger partial charge in [0.2, 0.25) is 0 Å². The number of ketones is 1. The molecule has 0 heterocycles. The normalized spacial score (nSPS) is 19.7. The maximum atomic E-state index is 12.2. The van der Waals surface area contributed by atoms with Gasteiger partial charge in [-0.25, -0.2) is 0 Å². The van der Waals surface area contributed by atoms with Gasteiger partial charge in [0.25, 0.3) is 0 Å². The van der Waals surface area contributed by atoms with Crippen LogP contribution in [-0.4, -0.2) is 17.0 Å². The summed E-state index contributed by atoms with van der Waals surface area (Å²) in [6.07, 6.45) is 28.8. The third kappa shape index (κ3) is 10.6. The van der Waals surface area contributed by atoms with Crippen molar-refractivity contribution >= 4 is 11.9 Å². The Hall–Kier alpha value is -3.75. The lowest BCUT2D eigenvalue weighted by Crippen LogP contribution is -2.35. The number of allylic oxidation sites excluding steroid dienone is 18. The zero-order valence-corrected chi connectivity index (χ0v) is 27.4. The number of carbonyl (C=O) groups excluding carboxylic acids is 1. The van der Waals surface area contributed by atoms with Gasteiger partial charge in [-0.2, -0.15) is 0 Å². The van der Waals surface area contributed by atoms with E-state index in [1.54, 1.807) is 0 Å². The van der Waals surface area contributed by atoms with Crippen LogP contribution in [0.15, 0.2) is 125 Å². The monoisotopic (exact) mass is 562 g/mol. The number of hydrogen-bond acceptors (Lipinski definition) is 2. The number of aryl methyl sites for hydroxylation is 2. The summed E-state index contributed by atoms with van der Waals surface area (Å²) >= 11 is 0. The molecule has 0 saturated heterocycles. The fourth-order valence-corrected chi connectivity index (χ4v) is 4.93. The highest BCUT2D eigenvalue weighted by molar-refractivity contribution is 6.00. The molecule has 1 aromatic rings. The Morgan fingerprint density at radius 3 is 1.71 bits per heavy atom. The summed E-state index contributed by atoms with van der Waals surface area (Å²) in [4.78, 5) is 12.2. The second-order valence-electron chi connectivity index (χ2n) is 12.2. The molecule has 1 aromatic carbocycles. The summed E-state index contributed by atoms with van der Waals surface area (Å²) < 4.78 is 0. The Kier molecular flexibility index (Phi) is 13.2. The van der Waals surface area contributed by atoms with E-state index < -0.39 is 6.10 Å². The van der Waals surface area contributed by atoms with Crippen LogP contribution < -0.4 is 0 Å². The lowest BCUT2D eigenvalue weighted by Gasteiger charge is -2.34. The summed E-state index contributed by atoms with van der Waals surface area (Å²) in [5, 5.41) is 10.0. The van der Waals surface area contributed by atoms with Crippen LogP contribution in [0.5, 0.6) is 0 Å². The van der Waals surface area contributed by atoms with Crippen LogP contribution >= 0.6 is 0 Å².